The number of pyridine rings is 1. The van der Waals surface area contributed by atoms with Crippen molar-refractivity contribution in [3.05, 3.63) is 53.4 Å². The van der Waals surface area contributed by atoms with Gasteiger partial charge in [0.15, 0.2) is 17.4 Å². The molecular formula is C14H10F5NO2. The van der Waals surface area contributed by atoms with Gasteiger partial charge in [-0.25, -0.2) is 8.78 Å². The molecule has 2 rings (SSSR count). The van der Waals surface area contributed by atoms with Crippen LogP contribution in [0.15, 0.2) is 30.5 Å². The summed E-state index contributed by atoms with van der Waals surface area (Å²) in [7, 11) is 1.36. The lowest BCUT2D eigenvalue weighted by Gasteiger charge is -2.11. The number of aromatic nitrogens is 1. The normalized spacial score (nSPS) is 11.5. The van der Waals surface area contributed by atoms with E-state index in [-0.39, 0.29) is 17.9 Å². The summed E-state index contributed by atoms with van der Waals surface area (Å²) < 4.78 is 74.8. The number of nitrogens with zero attached hydrogens (tertiary/aromatic N) is 1. The molecule has 0 amide bonds. The van der Waals surface area contributed by atoms with Crippen molar-refractivity contribution >= 4 is 0 Å². The maximum Gasteiger partial charge on any atom is 0.433 e. The van der Waals surface area contributed by atoms with Crippen molar-refractivity contribution in [3.8, 4) is 11.5 Å². The molecule has 0 radical (unpaired) electrons. The van der Waals surface area contributed by atoms with E-state index in [1.807, 2.05) is 0 Å². The highest BCUT2D eigenvalue weighted by atomic mass is 19.4. The summed E-state index contributed by atoms with van der Waals surface area (Å²) in [6.07, 6.45) is -3.84. The summed E-state index contributed by atoms with van der Waals surface area (Å²) >= 11 is 0. The van der Waals surface area contributed by atoms with Gasteiger partial charge in [0, 0.05) is 19.4 Å². The summed E-state index contributed by atoms with van der Waals surface area (Å²) in [4.78, 5) is 3.13. The first-order valence-corrected chi connectivity index (χ1v) is 5.99. The smallest absolute Gasteiger partial charge is 0.433 e. The monoisotopic (exact) mass is 319 g/mol. The van der Waals surface area contributed by atoms with Crippen molar-refractivity contribution in [1.29, 1.82) is 0 Å². The number of halogens is 5. The van der Waals surface area contributed by atoms with Crippen LogP contribution >= 0.6 is 0 Å². The van der Waals surface area contributed by atoms with E-state index in [4.69, 9.17) is 9.47 Å². The van der Waals surface area contributed by atoms with Gasteiger partial charge in [0.05, 0.1) is 6.61 Å². The van der Waals surface area contributed by atoms with Crippen LogP contribution in [0.4, 0.5) is 22.0 Å². The van der Waals surface area contributed by atoms with Gasteiger partial charge in [0.25, 0.3) is 0 Å². The van der Waals surface area contributed by atoms with Crippen LogP contribution in [-0.4, -0.2) is 12.1 Å². The number of ether oxygens (including phenoxy) is 2. The van der Waals surface area contributed by atoms with Gasteiger partial charge in [-0.3, -0.25) is 4.98 Å². The summed E-state index contributed by atoms with van der Waals surface area (Å²) in [5.74, 6) is -3.26. The van der Waals surface area contributed by atoms with Crippen LogP contribution < -0.4 is 4.74 Å². The second-order valence-corrected chi connectivity index (χ2v) is 4.30. The Balaban J connectivity index is 2.31. The maximum atomic E-state index is 13.8. The van der Waals surface area contributed by atoms with E-state index < -0.39 is 29.3 Å². The molecule has 1 aromatic heterocycles. The molecule has 0 saturated heterocycles. The molecule has 0 fully saturated rings. The quantitative estimate of drug-likeness (QED) is 0.787. The third-order valence-electron chi connectivity index (χ3n) is 2.61. The molecule has 22 heavy (non-hydrogen) atoms. The number of hydrogen-bond acceptors (Lipinski definition) is 3. The number of alkyl halides is 3. The van der Waals surface area contributed by atoms with Gasteiger partial charge in [-0.15, -0.1) is 0 Å². The highest BCUT2D eigenvalue weighted by molar-refractivity contribution is 5.36. The van der Waals surface area contributed by atoms with E-state index in [0.29, 0.717) is 6.07 Å². The Morgan fingerprint density at radius 1 is 1.09 bits per heavy atom. The van der Waals surface area contributed by atoms with Crippen LogP contribution in [-0.2, 0) is 17.5 Å². The summed E-state index contributed by atoms with van der Waals surface area (Å²) in [6, 6.07) is 3.58. The minimum atomic E-state index is -4.68. The Morgan fingerprint density at radius 3 is 2.27 bits per heavy atom. The molecule has 2 aromatic rings. The van der Waals surface area contributed by atoms with Crippen LogP contribution in [0, 0.1) is 11.6 Å². The van der Waals surface area contributed by atoms with E-state index in [1.54, 1.807) is 0 Å². The van der Waals surface area contributed by atoms with Crippen LogP contribution in [0.5, 0.6) is 11.5 Å². The number of hydrogen-bond donors (Lipinski definition) is 0. The van der Waals surface area contributed by atoms with E-state index in [9.17, 15) is 22.0 Å². The first kappa shape index (κ1) is 16.2. The molecule has 0 unspecified atom stereocenters. The van der Waals surface area contributed by atoms with Crippen LogP contribution in [0.3, 0.4) is 0 Å². The van der Waals surface area contributed by atoms with Gasteiger partial charge in [0.2, 0.25) is 0 Å². The lowest BCUT2D eigenvalue weighted by atomic mass is 10.2. The molecule has 1 aromatic carbocycles. The van der Waals surface area contributed by atoms with E-state index in [1.165, 1.54) is 7.11 Å². The van der Waals surface area contributed by atoms with Crippen LogP contribution in [0.2, 0.25) is 0 Å². The van der Waals surface area contributed by atoms with E-state index in [0.717, 1.165) is 24.4 Å². The Hall–Kier alpha value is -2.22. The lowest BCUT2D eigenvalue weighted by molar-refractivity contribution is -0.141. The zero-order valence-corrected chi connectivity index (χ0v) is 11.2. The van der Waals surface area contributed by atoms with E-state index >= 15 is 0 Å². The predicted molar refractivity (Wildman–Crippen MR) is 66.4 cm³/mol. The molecule has 1 heterocycles. The second kappa shape index (κ2) is 6.27. The zero-order chi connectivity index (χ0) is 16.3. The Labute approximate surface area is 122 Å². The highest BCUT2D eigenvalue weighted by Crippen LogP contribution is 2.33. The molecule has 0 N–H and O–H groups in total. The minimum absolute atomic E-state index is 0.0123. The molecule has 0 atom stereocenters. The Morgan fingerprint density at radius 2 is 1.73 bits per heavy atom. The summed E-state index contributed by atoms with van der Waals surface area (Å²) in [5.41, 5.74) is -0.989. The topological polar surface area (TPSA) is 31.4 Å². The Bertz CT molecular complexity index is 650. The maximum absolute atomic E-state index is 13.8. The third kappa shape index (κ3) is 3.70. The third-order valence-corrected chi connectivity index (χ3v) is 2.61. The molecule has 0 spiro atoms. The molecule has 3 nitrogen and oxygen atoms in total. The number of rotatable bonds is 4. The standard InChI is InChI=1S/C14H10F5NO2/c1-21-7-8-4-10(15)13(11(16)5-8)22-9-2-3-20-12(6-9)14(17,18)19/h2-6H,7H2,1H3. The molecule has 118 valence electrons. The van der Waals surface area contributed by atoms with Crippen LogP contribution in [0.1, 0.15) is 11.3 Å². The van der Waals surface area contributed by atoms with Crippen molar-refractivity contribution in [2.24, 2.45) is 0 Å². The van der Waals surface area contributed by atoms with Gasteiger partial charge >= 0.3 is 6.18 Å². The molecule has 8 heteroatoms. The molecule has 0 saturated carbocycles. The van der Waals surface area contributed by atoms with Gasteiger partial charge in [-0.1, -0.05) is 0 Å². The van der Waals surface area contributed by atoms with Crippen molar-refractivity contribution in [1.82, 2.24) is 4.98 Å². The lowest BCUT2D eigenvalue weighted by Crippen LogP contribution is -2.07. The molecule has 0 bridgehead atoms. The highest BCUT2D eigenvalue weighted by Gasteiger charge is 2.32. The van der Waals surface area contributed by atoms with Crippen molar-refractivity contribution < 1.29 is 31.4 Å². The van der Waals surface area contributed by atoms with E-state index in [2.05, 4.69) is 4.98 Å². The van der Waals surface area contributed by atoms with Crippen molar-refractivity contribution in [2.45, 2.75) is 12.8 Å². The largest absolute Gasteiger partial charge is 0.451 e. The van der Waals surface area contributed by atoms with Crippen molar-refractivity contribution in [3.63, 3.8) is 0 Å². The minimum Gasteiger partial charge on any atom is -0.451 e. The first-order chi connectivity index (χ1) is 10.3. The fourth-order valence-corrected chi connectivity index (χ4v) is 1.71. The first-order valence-electron chi connectivity index (χ1n) is 5.99. The van der Waals surface area contributed by atoms with Crippen molar-refractivity contribution in [2.75, 3.05) is 7.11 Å². The summed E-state index contributed by atoms with van der Waals surface area (Å²) in [5, 5.41) is 0. The fourth-order valence-electron chi connectivity index (χ4n) is 1.71. The summed E-state index contributed by atoms with van der Waals surface area (Å²) in [6.45, 7) is -0.0123. The molecule has 0 aliphatic heterocycles. The van der Waals surface area contributed by atoms with Gasteiger partial charge in [0.1, 0.15) is 11.4 Å². The average molecular weight is 319 g/mol. The molecule has 0 aliphatic rings. The predicted octanol–water partition coefficient (Wildman–Crippen LogP) is 4.32. The number of benzene rings is 1. The number of methoxy groups -OCH3 is 1. The zero-order valence-electron chi connectivity index (χ0n) is 11.2. The average Bonchev–Trinajstić information content (AvgIpc) is 2.43. The van der Waals surface area contributed by atoms with Gasteiger partial charge < -0.3 is 9.47 Å². The fraction of sp³-hybridized carbons (Fsp3) is 0.214. The van der Waals surface area contributed by atoms with Crippen LogP contribution in [0.25, 0.3) is 0 Å². The molecule has 0 aliphatic carbocycles. The second-order valence-electron chi connectivity index (χ2n) is 4.30. The SMILES string of the molecule is COCc1cc(F)c(Oc2ccnc(C(F)(F)F)c2)c(F)c1. The Kier molecular flexibility index (Phi) is 4.60. The molecular weight excluding hydrogens is 309 g/mol. The van der Waals surface area contributed by atoms with Gasteiger partial charge in [-0.2, -0.15) is 13.2 Å². The van der Waals surface area contributed by atoms with Gasteiger partial charge in [-0.05, 0) is 23.8 Å².